The second-order valence-electron chi connectivity index (χ2n) is 7.83. The van der Waals surface area contributed by atoms with Gasteiger partial charge in [0, 0.05) is 36.1 Å². The van der Waals surface area contributed by atoms with E-state index in [1.54, 1.807) is 6.07 Å². The van der Waals surface area contributed by atoms with Crippen molar-refractivity contribution in [3.63, 3.8) is 0 Å². The monoisotopic (exact) mass is 352 g/mol. The molecule has 2 saturated heterocycles. The second kappa shape index (κ2) is 6.21. The zero-order chi connectivity index (χ0) is 17.5. The van der Waals surface area contributed by atoms with Crippen molar-refractivity contribution in [1.82, 2.24) is 10.2 Å². The average molecular weight is 353 g/mol. The van der Waals surface area contributed by atoms with Gasteiger partial charge in [0.15, 0.2) is 0 Å². The number of aliphatic hydroxyl groups excluding tert-OH is 1. The van der Waals surface area contributed by atoms with Crippen LogP contribution < -0.4 is 5.32 Å². The molecule has 1 spiro atoms. The number of hydrogen-bond acceptors (Lipinski definition) is 4. The van der Waals surface area contributed by atoms with Crippen molar-refractivity contribution in [2.75, 3.05) is 19.6 Å². The second-order valence-corrected chi connectivity index (χ2v) is 8.24. The highest BCUT2D eigenvalue weighted by Crippen LogP contribution is 2.44. The van der Waals surface area contributed by atoms with Crippen LogP contribution in [0.4, 0.5) is 4.79 Å². The van der Waals surface area contributed by atoms with Gasteiger partial charge in [0.2, 0.25) is 0 Å². The summed E-state index contributed by atoms with van der Waals surface area (Å²) in [4.78, 5) is 14.3. The summed E-state index contributed by atoms with van der Waals surface area (Å²) in [6.07, 6.45) is 0.412. The summed E-state index contributed by atoms with van der Waals surface area (Å²) >= 11 is 6.20. The quantitative estimate of drug-likeness (QED) is 0.877. The fraction of sp³-hybridized carbons (Fsp3) is 0.611. The predicted octanol–water partition coefficient (Wildman–Crippen LogP) is 2.58. The number of ether oxygens (including phenoxy) is 1. The molecule has 2 fully saturated rings. The predicted molar refractivity (Wildman–Crippen MR) is 93.1 cm³/mol. The first kappa shape index (κ1) is 17.5. The lowest BCUT2D eigenvalue weighted by Gasteiger charge is -2.62. The Labute approximate surface area is 147 Å². The third kappa shape index (κ3) is 3.13. The lowest BCUT2D eigenvalue weighted by atomic mass is 9.65. The number of nitrogens with zero attached hydrogens (tertiary/aromatic N) is 1. The summed E-state index contributed by atoms with van der Waals surface area (Å²) in [6.45, 7) is 8.07. The number of aliphatic hydroxyl groups is 1. The number of carbonyl (C=O) groups excluding carboxylic acids is 1. The maximum atomic E-state index is 12.5. The van der Waals surface area contributed by atoms with E-state index < -0.39 is 5.60 Å². The summed E-state index contributed by atoms with van der Waals surface area (Å²) < 4.78 is 5.54. The SMILES string of the molecule is CC(C)(C)OC(=O)N1CC2(CNC2)C1Cc1cccc(Cl)c1CO. The molecule has 1 amide bonds. The van der Waals surface area contributed by atoms with Crippen molar-refractivity contribution < 1.29 is 14.6 Å². The molecular weight excluding hydrogens is 328 g/mol. The van der Waals surface area contributed by atoms with E-state index in [9.17, 15) is 9.90 Å². The van der Waals surface area contributed by atoms with Crippen LogP contribution in [0.25, 0.3) is 0 Å². The third-order valence-corrected chi connectivity index (χ3v) is 5.29. The lowest BCUT2D eigenvalue weighted by Crippen LogP contribution is -2.78. The Balaban J connectivity index is 1.80. The Hall–Kier alpha value is -1.30. The van der Waals surface area contributed by atoms with Crippen molar-refractivity contribution in [3.05, 3.63) is 34.3 Å². The van der Waals surface area contributed by atoms with Crippen LogP contribution in [0.15, 0.2) is 18.2 Å². The normalized spacial score (nSPS) is 22.0. The van der Waals surface area contributed by atoms with Gasteiger partial charge in [-0.2, -0.15) is 0 Å². The highest BCUT2D eigenvalue weighted by molar-refractivity contribution is 6.31. The molecule has 2 aliphatic rings. The molecule has 2 aliphatic heterocycles. The van der Waals surface area contributed by atoms with E-state index in [2.05, 4.69) is 5.32 Å². The van der Waals surface area contributed by atoms with E-state index in [1.807, 2.05) is 37.8 Å². The van der Waals surface area contributed by atoms with Gasteiger partial charge in [-0.15, -0.1) is 0 Å². The molecule has 1 aromatic carbocycles. The maximum Gasteiger partial charge on any atom is 0.410 e. The van der Waals surface area contributed by atoms with Crippen LogP contribution in [0, 0.1) is 5.41 Å². The third-order valence-electron chi connectivity index (χ3n) is 4.94. The molecule has 3 rings (SSSR count). The molecule has 1 atom stereocenters. The minimum Gasteiger partial charge on any atom is -0.444 e. The van der Waals surface area contributed by atoms with Crippen LogP contribution in [0.2, 0.25) is 5.02 Å². The average Bonchev–Trinajstić information content (AvgIpc) is 2.40. The molecule has 1 aromatic rings. The standard InChI is InChI=1S/C18H25ClN2O3/c1-17(2,3)24-16(23)21-11-18(9-20-10-18)15(21)7-12-5-4-6-14(19)13(12)8-22/h4-6,15,20,22H,7-11H2,1-3H3. The largest absolute Gasteiger partial charge is 0.444 e. The fourth-order valence-electron chi connectivity index (χ4n) is 3.59. The Morgan fingerprint density at radius 2 is 2.17 bits per heavy atom. The Bertz CT molecular complexity index is 638. The number of amides is 1. The molecule has 132 valence electrons. The van der Waals surface area contributed by atoms with Gasteiger partial charge in [0.1, 0.15) is 5.60 Å². The summed E-state index contributed by atoms with van der Waals surface area (Å²) in [5, 5.41) is 13.5. The van der Waals surface area contributed by atoms with Gasteiger partial charge >= 0.3 is 6.09 Å². The number of nitrogens with one attached hydrogen (secondary N) is 1. The fourth-order valence-corrected chi connectivity index (χ4v) is 3.84. The van der Waals surface area contributed by atoms with E-state index in [4.69, 9.17) is 16.3 Å². The highest BCUT2D eigenvalue weighted by Gasteiger charge is 2.58. The molecule has 5 nitrogen and oxygen atoms in total. The summed E-state index contributed by atoms with van der Waals surface area (Å²) in [5.74, 6) is 0. The smallest absolute Gasteiger partial charge is 0.410 e. The van der Waals surface area contributed by atoms with Crippen LogP contribution in [-0.2, 0) is 17.8 Å². The lowest BCUT2D eigenvalue weighted by molar-refractivity contribution is -0.105. The van der Waals surface area contributed by atoms with E-state index in [-0.39, 0.29) is 24.2 Å². The summed E-state index contributed by atoms with van der Waals surface area (Å²) in [6, 6.07) is 5.71. The molecule has 1 unspecified atom stereocenters. The number of carbonyl (C=O) groups is 1. The minimum atomic E-state index is -0.505. The molecule has 0 bridgehead atoms. The van der Waals surface area contributed by atoms with Crippen molar-refractivity contribution in [3.8, 4) is 0 Å². The Morgan fingerprint density at radius 1 is 1.46 bits per heavy atom. The first-order valence-corrected chi connectivity index (χ1v) is 8.71. The van der Waals surface area contributed by atoms with E-state index in [0.29, 0.717) is 18.0 Å². The Morgan fingerprint density at radius 3 is 2.71 bits per heavy atom. The minimum absolute atomic E-state index is 0.0670. The van der Waals surface area contributed by atoms with Crippen molar-refractivity contribution >= 4 is 17.7 Å². The number of rotatable bonds is 3. The number of hydrogen-bond donors (Lipinski definition) is 2. The van der Waals surface area contributed by atoms with E-state index >= 15 is 0 Å². The van der Waals surface area contributed by atoms with Gasteiger partial charge in [-0.05, 0) is 44.4 Å². The van der Waals surface area contributed by atoms with Crippen molar-refractivity contribution in [1.29, 1.82) is 0 Å². The number of halogens is 1. The van der Waals surface area contributed by atoms with Crippen LogP contribution in [0.5, 0.6) is 0 Å². The number of likely N-dealkylation sites (tertiary alicyclic amines) is 1. The summed E-state index contributed by atoms with van der Waals surface area (Å²) in [7, 11) is 0. The first-order valence-electron chi connectivity index (χ1n) is 8.33. The molecule has 0 saturated carbocycles. The van der Waals surface area contributed by atoms with Crippen LogP contribution in [0.3, 0.4) is 0 Å². The molecule has 2 heterocycles. The zero-order valence-electron chi connectivity index (χ0n) is 14.4. The van der Waals surface area contributed by atoms with Gasteiger partial charge in [0.25, 0.3) is 0 Å². The van der Waals surface area contributed by atoms with Crippen LogP contribution in [-0.4, -0.2) is 47.4 Å². The topological polar surface area (TPSA) is 61.8 Å². The molecule has 6 heteroatoms. The maximum absolute atomic E-state index is 12.5. The van der Waals surface area contributed by atoms with Gasteiger partial charge in [0.05, 0.1) is 6.61 Å². The van der Waals surface area contributed by atoms with Gasteiger partial charge in [-0.1, -0.05) is 23.7 Å². The van der Waals surface area contributed by atoms with Gasteiger partial charge in [-0.25, -0.2) is 4.79 Å². The van der Waals surface area contributed by atoms with Gasteiger partial charge < -0.3 is 20.1 Å². The molecule has 24 heavy (non-hydrogen) atoms. The van der Waals surface area contributed by atoms with E-state index in [1.165, 1.54) is 0 Å². The van der Waals surface area contributed by atoms with Crippen molar-refractivity contribution in [2.45, 2.75) is 45.4 Å². The summed E-state index contributed by atoms with van der Waals surface area (Å²) in [5.41, 5.74) is 1.35. The Kier molecular flexibility index (Phi) is 4.53. The highest BCUT2D eigenvalue weighted by atomic mass is 35.5. The molecule has 0 aromatic heterocycles. The zero-order valence-corrected chi connectivity index (χ0v) is 15.2. The molecular formula is C18H25ClN2O3. The van der Waals surface area contributed by atoms with Crippen LogP contribution >= 0.6 is 11.6 Å². The van der Waals surface area contributed by atoms with E-state index in [0.717, 1.165) is 24.2 Å². The van der Waals surface area contributed by atoms with Gasteiger partial charge in [-0.3, -0.25) is 0 Å². The first-order chi connectivity index (χ1) is 11.3. The molecule has 2 N–H and O–H groups in total. The molecule has 0 radical (unpaired) electrons. The number of benzene rings is 1. The molecule has 0 aliphatic carbocycles. The van der Waals surface area contributed by atoms with Crippen molar-refractivity contribution in [2.24, 2.45) is 5.41 Å². The van der Waals surface area contributed by atoms with Crippen LogP contribution in [0.1, 0.15) is 31.9 Å².